The van der Waals surface area contributed by atoms with Crippen LogP contribution in [0.1, 0.15) is 31.6 Å². The molecule has 1 aliphatic rings. The number of thiophene rings is 1. The van der Waals surface area contributed by atoms with Crippen LogP contribution in [-0.2, 0) is 14.8 Å². The average molecular weight is 410 g/mol. The maximum atomic E-state index is 12.7. The molecule has 1 aromatic heterocycles. The van der Waals surface area contributed by atoms with Gasteiger partial charge in [0, 0.05) is 30.6 Å². The highest BCUT2D eigenvalue weighted by atomic mass is 35.5. The van der Waals surface area contributed by atoms with Crippen LogP contribution in [0.5, 0.6) is 0 Å². The molecule has 144 valence electrons. The molecular formula is C16H28ClN3O3S2. The number of piperidine rings is 1. The van der Waals surface area contributed by atoms with Gasteiger partial charge in [-0.25, -0.2) is 8.42 Å². The van der Waals surface area contributed by atoms with E-state index in [-0.39, 0.29) is 36.8 Å². The van der Waals surface area contributed by atoms with Gasteiger partial charge in [-0.2, -0.15) is 4.31 Å². The minimum Gasteiger partial charge on any atom is -0.354 e. The van der Waals surface area contributed by atoms with Crippen LogP contribution in [0, 0.1) is 12.8 Å². The molecule has 9 heteroatoms. The van der Waals surface area contributed by atoms with Gasteiger partial charge in [0.25, 0.3) is 10.0 Å². The third-order valence-corrected chi connectivity index (χ3v) is 7.53. The van der Waals surface area contributed by atoms with Crippen LogP contribution in [0.15, 0.2) is 16.3 Å². The summed E-state index contributed by atoms with van der Waals surface area (Å²) in [5.41, 5.74) is 0. The molecule has 1 amide bonds. The van der Waals surface area contributed by atoms with Crippen molar-refractivity contribution in [3.8, 4) is 0 Å². The van der Waals surface area contributed by atoms with Crippen molar-refractivity contribution in [2.75, 3.05) is 26.2 Å². The summed E-state index contributed by atoms with van der Waals surface area (Å²) in [5.74, 6) is -0.328. The van der Waals surface area contributed by atoms with Crippen molar-refractivity contribution < 1.29 is 13.2 Å². The zero-order valence-electron chi connectivity index (χ0n) is 14.9. The van der Waals surface area contributed by atoms with Crippen LogP contribution in [0.4, 0.5) is 0 Å². The Morgan fingerprint density at radius 3 is 2.76 bits per heavy atom. The number of sulfonamides is 1. The predicted molar refractivity (Wildman–Crippen MR) is 104 cm³/mol. The van der Waals surface area contributed by atoms with E-state index < -0.39 is 10.0 Å². The molecule has 2 N–H and O–H groups in total. The van der Waals surface area contributed by atoms with E-state index in [1.807, 2.05) is 26.8 Å². The van der Waals surface area contributed by atoms with E-state index in [0.717, 1.165) is 17.8 Å². The fourth-order valence-corrected chi connectivity index (χ4v) is 5.83. The van der Waals surface area contributed by atoms with Crippen molar-refractivity contribution in [3.05, 3.63) is 17.0 Å². The average Bonchev–Trinajstić information content (AvgIpc) is 3.00. The first-order chi connectivity index (χ1) is 11.3. The number of hydrogen-bond acceptors (Lipinski definition) is 5. The standard InChI is InChI=1S/C16H27N3O3S2.ClH/c1-4-17-12(2)10-18-16(20)14-6-5-9-19(11-14)24(21,22)15-8-7-13(3)23-15;/h7-8,12,14,17H,4-6,9-11H2,1-3H3,(H,18,20);1H/t12-,14?;/m1./s1. The number of carbonyl (C=O) groups excluding carboxylic acids is 1. The number of rotatable bonds is 7. The van der Waals surface area contributed by atoms with E-state index in [0.29, 0.717) is 23.7 Å². The Labute approximate surface area is 160 Å². The molecule has 1 aromatic rings. The van der Waals surface area contributed by atoms with Gasteiger partial charge in [-0.15, -0.1) is 23.7 Å². The Morgan fingerprint density at radius 1 is 1.44 bits per heavy atom. The second-order valence-electron chi connectivity index (χ2n) is 6.27. The van der Waals surface area contributed by atoms with E-state index in [9.17, 15) is 13.2 Å². The summed E-state index contributed by atoms with van der Waals surface area (Å²) in [7, 11) is -3.49. The van der Waals surface area contributed by atoms with Crippen molar-refractivity contribution >= 4 is 39.7 Å². The summed E-state index contributed by atoms with van der Waals surface area (Å²) in [5, 5.41) is 6.17. The highest BCUT2D eigenvalue weighted by Crippen LogP contribution is 2.28. The molecule has 1 saturated heterocycles. The molecule has 1 aliphatic heterocycles. The summed E-state index contributed by atoms with van der Waals surface area (Å²) in [6.45, 7) is 8.08. The molecule has 0 aliphatic carbocycles. The van der Waals surface area contributed by atoms with Crippen molar-refractivity contribution in [1.29, 1.82) is 0 Å². The van der Waals surface area contributed by atoms with E-state index in [1.165, 1.54) is 15.6 Å². The zero-order chi connectivity index (χ0) is 17.7. The third kappa shape index (κ3) is 5.92. The molecule has 2 rings (SSSR count). The lowest BCUT2D eigenvalue weighted by Crippen LogP contribution is -2.47. The van der Waals surface area contributed by atoms with Gasteiger partial charge in [-0.1, -0.05) is 6.92 Å². The lowest BCUT2D eigenvalue weighted by molar-refractivity contribution is -0.126. The number of hydrogen-bond donors (Lipinski definition) is 2. The van der Waals surface area contributed by atoms with Crippen LogP contribution in [0.25, 0.3) is 0 Å². The molecule has 0 bridgehead atoms. The lowest BCUT2D eigenvalue weighted by atomic mass is 9.99. The Kier molecular flexibility index (Phi) is 8.83. The van der Waals surface area contributed by atoms with Gasteiger partial charge < -0.3 is 10.6 Å². The number of aryl methyl sites for hydroxylation is 1. The quantitative estimate of drug-likeness (QED) is 0.721. The van der Waals surface area contributed by atoms with Gasteiger partial charge in [-0.05, 0) is 45.4 Å². The monoisotopic (exact) mass is 409 g/mol. The number of halogens is 1. The summed E-state index contributed by atoms with van der Waals surface area (Å²) in [4.78, 5) is 13.3. The first-order valence-corrected chi connectivity index (χ1v) is 10.7. The molecule has 0 saturated carbocycles. The number of nitrogens with one attached hydrogen (secondary N) is 2. The largest absolute Gasteiger partial charge is 0.354 e. The van der Waals surface area contributed by atoms with Crippen molar-refractivity contribution in [3.63, 3.8) is 0 Å². The molecular weight excluding hydrogens is 382 g/mol. The summed E-state index contributed by atoms with van der Waals surface area (Å²) < 4.78 is 27.3. The smallest absolute Gasteiger partial charge is 0.252 e. The lowest BCUT2D eigenvalue weighted by Gasteiger charge is -2.31. The van der Waals surface area contributed by atoms with E-state index in [4.69, 9.17) is 0 Å². The van der Waals surface area contributed by atoms with Crippen LogP contribution >= 0.6 is 23.7 Å². The minimum atomic E-state index is -3.49. The normalized spacial score (nSPS) is 19.9. The highest BCUT2D eigenvalue weighted by Gasteiger charge is 2.33. The van der Waals surface area contributed by atoms with Gasteiger partial charge in [0.1, 0.15) is 4.21 Å². The SMILES string of the molecule is CCN[C@H](C)CNC(=O)C1CCCN(S(=O)(=O)c2ccc(C)s2)C1.Cl. The third-order valence-electron chi connectivity index (χ3n) is 4.20. The molecule has 2 heterocycles. The van der Waals surface area contributed by atoms with Crippen molar-refractivity contribution in [2.24, 2.45) is 5.92 Å². The Bertz CT molecular complexity index is 663. The topological polar surface area (TPSA) is 78.5 Å². The molecule has 1 unspecified atom stereocenters. The second kappa shape index (κ2) is 9.87. The van der Waals surface area contributed by atoms with E-state index in [1.54, 1.807) is 6.07 Å². The summed E-state index contributed by atoms with van der Waals surface area (Å²) in [6.07, 6.45) is 1.45. The molecule has 1 fully saturated rings. The van der Waals surface area contributed by atoms with Gasteiger partial charge >= 0.3 is 0 Å². The minimum absolute atomic E-state index is 0. The van der Waals surface area contributed by atoms with Gasteiger partial charge in [0.15, 0.2) is 0 Å². The fourth-order valence-electron chi connectivity index (χ4n) is 2.87. The van der Waals surface area contributed by atoms with Crippen LogP contribution in [0.3, 0.4) is 0 Å². The maximum absolute atomic E-state index is 12.7. The number of amides is 1. The first kappa shape index (κ1) is 22.4. The predicted octanol–water partition coefficient (Wildman–Crippen LogP) is 1.99. The molecule has 25 heavy (non-hydrogen) atoms. The molecule has 6 nitrogen and oxygen atoms in total. The Morgan fingerprint density at radius 2 is 2.16 bits per heavy atom. The van der Waals surface area contributed by atoms with Crippen LogP contribution in [-0.4, -0.2) is 50.9 Å². The van der Waals surface area contributed by atoms with Gasteiger partial charge in [0.2, 0.25) is 5.91 Å². The highest BCUT2D eigenvalue weighted by molar-refractivity contribution is 7.91. The van der Waals surface area contributed by atoms with Crippen LogP contribution < -0.4 is 10.6 Å². The Balaban J connectivity index is 0.00000312. The first-order valence-electron chi connectivity index (χ1n) is 8.42. The van der Waals surface area contributed by atoms with Gasteiger partial charge in [-0.3, -0.25) is 4.79 Å². The number of nitrogens with zero attached hydrogens (tertiary/aromatic N) is 1. The van der Waals surface area contributed by atoms with Crippen LogP contribution in [0.2, 0.25) is 0 Å². The van der Waals surface area contributed by atoms with E-state index in [2.05, 4.69) is 10.6 Å². The maximum Gasteiger partial charge on any atom is 0.252 e. The number of likely N-dealkylation sites (N-methyl/N-ethyl adjacent to an activating group) is 1. The van der Waals surface area contributed by atoms with Crippen molar-refractivity contribution in [2.45, 2.75) is 43.9 Å². The molecule has 2 atom stereocenters. The number of carbonyl (C=O) groups is 1. The Hall–Kier alpha value is -0.670. The zero-order valence-corrected chi connectivity index (χ0v) is 17.4. The van der Waals surface area contributed by atoms with E-state index >= 15 is 0 Å². The summed E-state index contributed by atoms with van der Waals surface area (Å²) in [6, 6.07) is 3.67. The van der Waals surface area contributed by atoms with Crippen molar-refractivity contribution in [1.82, 2.24) is 14.9 Å². The summed E-state index contributed by atoms with van der Waals surface area (Å²) >= 11 is 1.28. The van der Waals surface area contributed by atoms with Gasteiger partial charge in [0.05, 0.1) is 5.92 Å². The fraction of sp³-hybridized carbons (Fsp3) is 0.688. The molecule has 0 spiro atoms. The molecule has 0 radical (unpaired) electrons. The second-order valence-corrected chi connectivity index (χ2v) is 9.72. The molecule has 0 aromatic carbocycles.